The van der Waals surface area contributed by atoms with Crippen LogP contribution in [-0.2, 0) is 14.4 Å². The first-order valence-corrected chi connectivity index (χ1v) is 9.12. The number of aliphatic carboxylic acids is 1. The Hall–Kier alpha value is -1.67. The molecule has 25 heavy (non-hydrogen) atoms. The number of hydrogen-bond acceptors (Lipinski definition) is 5. The van der Waals surface area contributed by atoms with E-state index in [9.17, 15) is 19.5 Å². The highest BCUT2D eigenvalue weighted by atomic mass is 16.4. The van der Waals surface area contributed by atoms with Crippen molar-refractivity contribution < 1.29 is 19.5 Å². The maximum Gasteiger partial charge on any atom is 0.326 e. The fourth-order valence-corrected chi connectivity index (χ4v) is 3.01. The van der Waals surface area contributed by atoms with E-state index in [4.69, 9.17) is 11.5 Å². The van der Waals surface area contributed by atoms with Crippen molar-refractivity contribution in [2.24, 2.45) is 17.4 Å². The zero-order valence-electron chi connectivity index (χ0n) is 15.2. The fraction of sp³-hybridized carbons (Fsp3) is 0.824. The lowest BCUT2D eigenvalue weighted by molar-refractivity contribution is -0.144. The Morgan fingerprint density at radius 2 is 2.00 bits per heavy atom. The van der Waals surface area contributed by atoms with Crippen molar-refractivity contribution in [3.63, 3.8) is 0 Å². The van der Waals surface area contributed by atoms with Crippen LogP contribution in [0.4, 0.5) is 0 Å². The number of carbonyl (C=O) groups excluding carboxylic acids is 2. The molecule has 0 radical (unpaired) electrons. The van der Waals surface area contributed by atoms with Crippen molar-refractivity contribution in [2.75, 3.05) is 13.1 Å². The topological polar surface area (TPSA) is 139 Å². The molecule has 0 aliphatic carbocycles. The van der Waals surface area contributed by atoms with Gasteiger partial charge in [0.2, 0.25) is 11.8 Å². The highest BCUT2D eigenvalue weighted by Gasteiger charge is 2.38. The van der Waals surface area contributed by atoms with E-state index in [1.54, 1.807) is 0 Å². The van der Waals surface area contributed by atoms with Gasteiger partial charge in [-0.1, -0.05) is 20.3 Å². The van der Waals surface area contributed by atoms with Crippen LogP contribution in [0.5, 0.6) is 0 Å². The molecular weight excluding hydrogens is 324 g/mol. The maximum absolute atomic E-state index is 12.6. The van der Waals surface area contributed by atoms with E-state index in [1.165, 1.54) is 4.90 Å². The average molecular weight is 356 g/mol. The Kier molecular flexibility index (Phi) is 8.85. The van der Waals surface area contributed by atoms with Gasteiger partial charge in [-0.25, -0.2) is 4.79 Å². The molecule has 4 atom stereocenters. The summed E-state index contributed by atoms with van der Waals surface area (Å²) in [5.41, 5.74) is 11.4. The maximum atomic E-state index is 12.6. The first kappa shape index (κ1) is 21.4. The normalized spacial score (nSPS) is 20.8. The first-order valence-electron chi connectivity index (χ1n) is 9.12. The van der Waals surface area contributed by atoms with E-state index in [0.717, 1.165) is 6.42 Å². The number of unbranched alkanes of at least 4 members (excludes halogenated alkanes) is 1. The Labute approximate surface area is 149 Å². The first-order chi connectivity index (χ1) is 11.8. The number of nitrogens with one attached hydrogen (secondary N) is 1. The van der Waals surface area contributed by atoms with E-state index in [2.05, 4.69) is 5.32 Å². The van der Waals surface area contributed by atoms with Crippen LogP contribution in [0.3, 0.4) is 0 Å². The lowest BCUT2D eigenvalue weighted by atomic mass is 9.98. The van der Waals surface area contributed by atoms with Gasteiger partial charge >= 0.3 is 5.97 Å². The van der Waals surface area contributed by atoms with Crippen molar-refractivity contribution in [1.29, 1.82) is 0 Å². The zero-order chi connectivity index (χ0) is 19.0. The van der Waals surface area contributed by atoms with E-state index in [1.807, 2.05) is 13.8 Å². The number of nitrogens with two attached hydrogens (primary N) is 2. The number of carboxylic acids is 1. The minimum Gasteiger partial charge on any atom is -0.480 e. The summed E-state index contributed by atoms with van der Waals surface area (Å²) < 4.78 is 0. The van der Waals surface area contributed by atoms with Crippen molar-refractivity contribution in [1.82, 2.24) is 10.2 Å². The third kappa shape index (κ3) is 5.97. The predicted molar refractivity (Wildman–Crippen MR) is 94.6 cm³/mol. The quantitative estimate of drug-likeness (QED) is 0.408. The monoisotopic (exact) mass is 356 g/mol. The van der Waals surface area contributed by atoms with Gasteiger partial charge in [0.05, 0.1) is 6.04 Å². The molecule has 1 aliphatic rings. The molecule has 1 saturated heterocycles. The van der Waals surface area contributed by atoms with Crippen LogP contribution in [0.1, 0.15) is 52.4 Å². The molecule has 0 unspecified atom stereocenters. The minimum atomic E-state index is -1.07. The Morgan fingerprint density at radius 1 is 1.32 bits per heavy atom. The Morgan fingerprint density at radius 3 is 2.56 bits per heavy atom. The van der Waals surface area contributed by atoms with Gasteiger partial charge in [0.25, 0.3) is 0 Å². The summed E-state index contributed by atoms with van der Waals surface area (Å²) in [6, 6.07) is -2.24. The molecule has 8 heteroatoms. The van der Waals surface area contributed by atoms with Crippen LogP contribution in [-0.4, -0.2) is 59.0 Å². The highest BCUT2D eigenvalue weighted by Crippen LogP contribution is 2.21. The number of nitrogens with zero attached hydrogens (tertiary/aromatic N) is 1. The molecule has 144 valence electrons. The van der Waals surface area contributed by atoms with Gasteiger partial charge in [-0.3, -0.25) is 9.59 Å². The van der Waals surface area contributed by atoms with Crippen molar-refractivity contribution >= 4 is 17.8 Å². The van der Waals surface area contributed by atoms with Crippen LogP contribution < -0.4 is 16.8 Å². The zero-order valence-corrected chi connectivity index (χ0v) is 15.2. The third-order valence-electron chi connectivity index (χ3n) is 4.94. The van der Waals surface area contributed by atoms with Gasteiger partial charge in [0.1, 0.15) is 12.1 Å². The smallest absolute Gasteiger partial charge is 0.326 e. The van der Waals surface area contributed by atoms with Crippen LogP contribution in [0.15, 0.2) is 0 Å². The molecule has 0 saturated carbocycles. The number of carboxylic acid groups (broad SMARTS) is 1. The van der Waals surface area contributed by atoms with Gasteiger partial charge in [0.15, 0.2) is 0 Å². The van der Waals surface area contributed by atoms with E-state index < -0.39 is 30.0 Å². The predicted octanol–water partition coefficient (Wildman–Crippen LogP) is 0.0492. The lowest BCUT2D eigenvalue weighted by Crippen LogP contribution is -2.55. The largest absolute Gasteiger partial charge is 0.480 e. The molecule has 1 fully saturated rings. The molecule has 2 amide bonds. The van der Waals surface area contributed by atoms with Crippen molar-refractivity contribution in [3.05, 3.63) is 0 Å². The second-order valence-corrected chi connectivity index (χ2v) is 6.78. The Balaban J connectivity index is 2.71. The second-order valence-electron chi connectivity index (χ2n) is 6.78. The average Bonchev–Trinajstić information content (AvgIpc) is 3.08. The summed E-state index contributed by atoms with van der Waals surface area (Å²) in [6.45, 7) is 4.83. The van der Waals surface area contributed by atoms with Crippen LogP contribution in [0.2, 0.25) is 0 Å². The molecule has 6 N–H and O–H groups in total. The van der Waals surface area contributed by atoms with Gasteiger partial charge in [-0.2, -0.15) is 0 Å². The van der Waals surface area contributed by atoms with Crippen LogP contribution >= 0.6 is 0 Å². The number of hydrogen-bond donors (Lipinski definition) is 4. The summed E-state index contributed by atoms with van der Waals surface area (Å²) in [7, 11) is 0. The van der Waals surface area contributed by atoms with E-state index >= 15 is 0 Å². The number of amides is 2. The summed E-state index contributed by atoms with van der Waals surface area (Å²) in [4.78, 5) is 38.0. The van der Waals surface area contributed by atoms with E-state index in [-0.39, 0.29) is 11.8 Å². The van der Waals surface area contributed by atoms with Crippen LogP contribution in [0.25, 0.3) is 0 Å². The van der Waals surface area contributed by atoms with Crippen LogP contribution in [0, 0.1) is 5.92 Å². The standard InChI is InChI=1S/C17H32N4O4/c1-3-11(2)14(19)16(23)21-10-6-8-13(21)15(22)20-12(17(24)25)7-4-5-9-18/h11-14H,3-10,18-19H2,1-2H3,(H,20,22)(H,24,25)/t11-,12-,13-,14-/m0/s1. The molecule has 1 aliphatic heterocycles. The minimum absolute atomic E-state index is 0.0276. The molecule has 0 aromatic heterocycles. The van der Waals surface area contributed by atoms with E-state index in [0.29, 0.717) is 45.2 Å². The SMILES string of the molecule is CC[C@H](C)[C@H](N)C(=O)N1CCC[C@H]1C(=O)N[C@@H](CCCCN)C(=O)O. The lowest BCUT2D eigenvalue weighted by Gasteiger charge is -2.29. The van der Waals surface area contributed by atoms with Gasteiger partial charge < -0.3 is 26.8 Å². The summed E-state index contributed by atoms with van der Waals surface area (Å²) in [6.07, 6.45) is 3.67. The summed E-state index contributed by atoms with van der Waals surface area (Å²) >= 11 is 0. The van der Waals surface area contributed by atoms with Crippen molar-refractivity contribution in [3.8, 4) is 0 Å². The fourth-order valence-electron chi connectivity index (χ4n) is 3.01. The molecular formula is C17H32N4O4. The molecule has 1 heterocycles. The third-order valence-corrected chi connectivity index (χ3v) is 4.94. The van der Waals surface area contributed by atoms with Crippen molar-refractivity contribution in [2.45, 2.75) is 70.5 Å². The number of rotatable bonds is 10. The number of likely N-dealkylation sites (tertiary alicyclic amines) is 1. The highest BCUT2D eigenvalue weighted by molar-refractivity contribution is 5.92. The number of carbonyl (C=O) groups is 3. The van der Waals surface area contributed by atoms with Gasteiger partial charge in [0, 0.05) is 6.54 Å². The molecule has 8 nitrogen and oxygen atoms in total. The molecule has 0 aromatic rings. The van der Waals surface area contributed by atoms with Gasteiger partial charge in [-0.15, -0.1) is 0 Å². The summed E-state index contributed by atoms with van der Waals surface area (Å²) in [5, 5.41) is 11.9. The molecule has 1 rings (SSSR count). The molecule has 0 bridgehead atoms. The Bertz CT molecular complexity index is 472. The molecule has 0 spiro atoms. The van der Waals surface area contributed by atoms with Gasteiger partial charge in [-0.05, 0) is 44.6 Å². The summed E-state index contributed by atoms with van der Waals surface area (Å²) in [5.74, 6) is -1.69. The second kappa shape index (κ2) is 10.4. The molecule has 0 aromatic carbocycles.